The Hall–Kier alpha value is -1.51. The summed E-state index contributed by atoms with van der Waals surface area (Å²) in [6, 6.07) is 5.32. The van der Waals surface area contributed by atoms with Crippen molar-refractivity contribution in [3.63, 3.8) is 0 Å². The minimum atomic E-state index is 0.142. The molecule has 0 unspecified atom stereocenters. The average Bonchev–Trinajstić information content (AvgIpc) is 2.43. The minimum Gasteiger partial charge on any atom is -0.497 e. The van der Waals surface area contributed by atoms with Crippen molar-refractivity contribution >= 4 is 5.78 Å². The summed E-state index contributed by atoms with van der Waals surface area (Å²) in [5.74, 6) is 1.88. The van der Waals surface area contributed by atoms with E-state index in [0.29, 0.717) is 29.4 Å². The lowest BCUT2D eigenvalue weighted by Crippen LogP contribution is -2.09. The number of ether oxygens (including phenoxy) is 2. The summed E-state index contributed by atoms with van der Waals surface area (Å²) >= 11 is 0. The van der Waals surface area contributed by atoms with E-state index in [0.717, 1.165) is 12.8 Å². The van der Waals surface area contributed by atoms with Crippen LogP contribution in [-0.2, 0) is 0 Å². The molecule has 0 bridgehead atoms. The van der Waals surface area contributed by atoms with E-state index in [2.05, 4.69) is 13.8 Å². The molecule has 3 nitrogen and oxygen atoms in total. The van der Waals surface area contributed by atoms with Crippen molar-refractivity contribution < 1.29 is 14.3 Å². The van der Waals surface area contributed by atoms with Crippen LogP contribution in [0.15, 0.2) is 18.2 Å². The van der Waals surface area contributed by atoms with Gasteiger partial charge in [-0.3, -0.25) is 4.79 Å². The van der Waals surface area contributed by atoms with Crippen molar-refractivity contribution in [1.29, 1.82) is 0 Å². The van der Waals surface area contributed by atoms with E-state index in [1.165, 1.54) is 0 Å². The SMILES string of the molecule is CCC(CC)CC(=O)c1ccc(OC)cc1OC. The first kappa shape index (κ1) is 14.6. The number of rotatable bonds is 7. The molecule has 0 radical (unpaired) electrons. The third-order valence-electron chi connectivity index (χ3n) is 3.34. The van der Waals surface area contributed by atoms with Crippen molar-refractivity contribution in [3.8, 4) is 11.5 Å². The Morgan fingerprint density at radius 1 is 1.17 bits per heavy atom. The zero-order valence-electron chi connectivity index (χ0n) is 11.7. The molecule has 1 aromatic rings. The lowest BCUT2D eigenvalue weighted by Gasteiger charge is -2.13. The standard InChI is InChI=1S/C15H22O3/c1-5-11(6-2)9-14(16)13-8-7-12(17-3)10-15(13)18-4/h7-8,10-11H,5-6,9H2,1-4H3. The van der Waals surface area contributed by atoms with Crippen molar-refractivity contribution in [1.82, 2.24) is 0 Å². The maximum atomic E-state index is 12.2. The van der Waals surface area contributed by atoms with Crippen LogP contribution in [0.3, 0.4) is 0 Å². The minimum absolute atomic E-state index is 0.142. The summed E-state index contributed by atoms with van der Waals surface area (Å²) in [5.41, 5.74) is 0.644. The highest BCUT2D eigenvalue weighted by Crippen LogP contribution is 2.27. The van der Waals surface area contributed by atoms with Gasteiger partial charge in [-0.1, -0.05) is 26.7 Å². The summed E-state index contributed by atoms with van der Waals surface area (Å²) < 4.78 is 10.4. The van der Waals surface area contributed by atoms with Gasteiger partial charge in [-0.2, -0.15) is 0 Å². The molecule has 0 atom stereocenters. The maximum Gasteiger partial charge on any atom is 0.166 e. The molecule has 3 heteroatoms. The molecule has 1 aromatic carbocycles. The Bertz CT molecular complexity index is 395. The molecule has 0 amide bonds. The van der Waals surface area contributed by atoms with Gasteiger partial charge in [0.2, 0.25) is 0 Å². The topological polar surface area (TPSA) is 35.5 Å². The van der Waals surface area contributed by atoms with Crippen LogP contribution in [0.5, 0.6) is 11.5 Å². The molecule has 0 aromatic heterocycles. The third-order valence-corrected chi connectivity index (χ3v) is 3.34. The molecule has 0 saturated carbocycles. The predicted molar refractivity (Wildman–Crippen MR) is 72.6 cm³/mol. The molecular weight excluding hydrogens is 228 g/mol. The van der Waals surface area contributed by atoms with Gasteiger partial charge in [-0.15, -0.1) is 0 Å². The number of Topliss-reactive ketones (excluding diaryl/α,β-unsaturated/α-hetero) is 1. The van der Waals surface area contributed by atoms with E-state index in [-0.39, 0.29) is 5.78 Å². The van der Waals surface area contributed by atoms with Crippen molar-refractivity contribution in [2.24, 2.45) is 5.92 Å². The first-order chi connectivity index (χ1) is 8.65. The maximum absolute atomic E-state index is 12.2. The second-order valence-corrected chi connectivity index (χ2v) is 4.38. The van der Waals surface area contributed by atoms with Gasteiger partial charge in [0.25, 0.3) is 0 Å². The summed E-state index contributed by atoms with van der Waals surface area (Å²) in [6.07, 6.45) is 2.64. The zero-order chi connectivity index (χ0) is 13.5. The molecular formula is C15H22O3. The fourth-order valence-electron chi connectivity index (χ4n) is 1.98. The molecule has 1 rings (SSSR count). The Labute approximate surface area is 109 Å². The monoisotopic (exact) mass is 250 g/mol. The molecule has 0 heterocycles. The van der Waals surface area contributed by atoms with Crippen LogP contribution in [0.4, 0.5) is 0 Å². The lowest BCUT2D eigenvalue weighted by molar-refractivity contribution is 0.0955. The Morgan fingerprint density at radius 2 is 1.83 bits per heavy atom. The summed E-state index contributed by atoms with van der Waals surface area (Å²) in [6.45, 7) is 4.24. The largest absolute Gasteiger partial charge is 0.497 e. The first-order valence-electron chi connectivity index (χ1n) is 6.41. The number of carbonyl (C=O) groups is 1. The quantitative estimate of drug-likeness (QED) is 0.692. The Kier molecular flexibility index (Phi) is 5.69. The van der Waals surface area contributed by atoms with Crippen LogP contribution >= 0.6 is 0 Å². The van der Waals surface area contributed by atoms with Gasteiger partial charge in [0.15, 0.2) is 5.78 Å². The number of methoxy groups -OCH3 is 2. The first-order valence-corrected chi connectivity index (χ1v) is 6.41. The second-order valence-electron chi connectivity index (χ2n) is 4.38. The molecule has 0 N–H and O–H groups in total. The molecule has 0 aliphatic heterocycles. The van der Waals surface area contributed by atoms with Crippen LogP contribution < -0.4 is 9.47 Å². The van der Waals surface area contributed by atoms with Crippen molar-refractivity contribution in [2.45, 2.75) is 33.1 Å². The average molecular weight is 250 g/mol. The van der Waals surface area contributed by atoms with Gasteiger partial charge < -0.3 is 9.47 Å². The summed E-state index contributed by atoms with van der Waals surface area (Å²) in [7, 11) is 3.17. The normalized spacial score (nSPS) is 10.5. The Balaban J connectivity index is 2.91. The van der Waals surface area contributed by atoms with Crippen LogP contribution in [-0.4, -0.2) is 20.0 Å². The van der Waals surface area contributed by atoms with Gasteiger partial charge >= 0.3 is 0 Å². The third kappa shape index (κ3) is 3.49. The molecule has 0 fully saturated rings. The van der Waals surface area contributed by atoms with Crippen LogP contribution in [0.2, 0.25) is 0 Å². The molecule has 0 saturated heterocycles. The van der Waals surface area contributed by atoms with Gasteiger partial charge in [0.05, 0.1) is 19.8 Å². The fourth-order valence-corrected chi connectivity index (χ4v) is 1.98. The number of benzene rings is 1. The van der Waals surface area contributed by atoms with E-state index in [1.54, 1.807) is 32.4 Å². The van der Waals surface area contributed by atoms with Gasteiger partial charge in [0.1, 0.15) is 11.5 Å². The fraction of sp³-hybridized carbons (Fsp3) is 0.533. The van der Waals surface area contributed by atoms with Crippen LogP contribution in [0, 0.1) is 5.92 Å². The molecule has 0 spiro atoms. The summed E-state index contributed by atoms with van der Waals surface area (Å²) in [5, 5.41) is 0. The number of ketones is 1. The number of hydrogen-bond donors (Lipinski definition) is 0. The predicted octanol–water partition coefficient (Wildman–Crippen LogP) is 3.71. The number of hydrogen-bond acceptors (Lipinski definition) is 3. The van der Waals surface area contributed by atoms with E-state index in [9.17, 15) is 4.79 Å². The highest BCUT2D eigenvalue weighted by Gasteiger charge is 2.16. The van der Waals surface area contributed by atoms with E-state index in [4.69, 9.17) is 9.47 Å². The van der Waals surface area contributed by atoms with Crippen molar-refractivity contribution in [3.05, 3.63) is 23.8 Å². The van der Waals surface area contributed by atoms with E-state index in [1.807, 2.05) is 0 Å². The molecule has 18 heavy (non-hydrogen) atoms. The van der Waals surface area contributed by atoms with Gasteiger partial charge in [-0.25, -0.2) is 0 Å². The molecule has 0 aliphatic rings. The Morgan fingerprint density at radius 3 is 2.33 bits per heavy atom. The highest BCUT2D eigenvalue weighted by molar-refractivity contribution is 5.99. The van der Waals surface area contributed by atoms with E-state index >= 15 is 0 Å². The van der Waals surface area contributed by atoms with Crippen LogP contribution in [0.25, 0.3) is 0 Å². The zero-order valence-corrected chi connectivity index (χ0v) is 11.7. The van der Waals surface area contributed by atoms with Crippen molar-refractivity contribution in [2.75, 3.05) is 14.2 Å². The molecule has 100 valence electrons. The lowest BCUT2D eigenvalue weighted by atomic mass is 9.93. The smallest absolute Gasteiger partial charge is 0.166 e. The van der Waals surface area contributed by atoms with E-state index < -0.39 is 0 Å². The van der Waals surface area contributed by atoms with Crippen LogP contribution in [0.1, 0.15) is 43.5 Å². The molecule has 0 aliphatic carbocycles. The van der Waals surface area contributed by atoms with Gasteiger partial charge in [0, 0.05) is 12.5 Å². The van der Waals surface area contributed by atoms with Gasteiger partial charge in [-0.05, 0) is 18.1 Å². The number of carbonyl (C=O) groups excluding carboxylic acids is 1. The summed E-state index contributed by atoms with van der Waals surface area (Å²) in [4.78, 5) is 12.2. The highest BCUT2D eigenvalue weighted by atomic mass is 16.5. The second kappa shape index (κ2) is 7.04.